The average Bonchev–Trinajstić information content (AvgIpc) is 2.71. The van der Waals surface area contributed by atoms with Crippen LogP contribution in [0.5, 0.6) is 0 Å². The van der Waals surface area contributed by atoms with Crippen LogP contribution in [0.1, 0.15) is 25.8 Å². The van der Waals surface area contributed by atoms with Gasteiger partial charge in [0.2, 0.25) is 11.8 Å². The quantitative estimate of drug-likeness (QED) is 0.773. The minimum atomic E-state index is -3.86. The van der Waals surface area contributed by atoms with Gasteiger partial charge in [-0.25, -0.2) is 8.42 Å². The molecule has 0 unspecified atom stereocenters. The minimum absolute atomic E-state index is 0.0131. The molecule has 1 heterocycles. The zero-order chi connectivity index (χ0) is 16.5. The van der Waals surface area contributed by atoms with Gasteiger partial charge in [0.25, 0.3) is 10.0 Å². The number of anilines is 1. The topological polar surface area (TPSA) is 95.6 Å². The van der Waals surface area contributed by atoms with Crippen molar-refractivity contribution in [3.05, 3.63) is 23.8 Å². The predicted molar refractivity (Wildman–Crippen MR) is 81.5 cm³/mol. The van der Waals surface area contributed by atoms with Crippen molar-refractivity contribution in [3.8, 4) is 0 Å². The van der Waals surface area contributed by atoms with E-state index in [-0.39, 0.29) is 29.6 Å². The van der Waals surface area contributed by atoms with E-state index in [0.29, 0.717) is 11.3 Å². The van der Waals surface area contributed by atoms with E-state index in [9.17, 15) is 18.0 Å². The Hall–Kier alpha value is -1.93. The van der Waals surface area contributed by atoms with Gasteiger partial charge in [-0.2, -0.15) is 0 Å². The fraction of sp³-hybridized carbons (Fsp3) is 0.429. The molecule has 0 aliphatic carbocycles. The lowest BCUT2D eigenvalue weighted by Crippen LogP contribution is -2.41. The van der Waals surface area contributed by atoms with Crippen LogP contribution >= 0.6 is 0 Å². The first-order valence-electron chi connectivity index (χ1n) is 6.91. The molecule has 1 aliphatic heterocycles. The smallest absolute Gasteiger partial charge is 0.257 e. The fourth-order valence-corrected chi connectivity index (χ4v) is 3.13. The monoisotopic (exact) mass is 325 g/mol. The standard InChI is InChI=1S/C14H19N3O4S/c1-9(2)6-13(18)15-16-22(20,21)11-4-5-12-10(7-11)8-14(19)17(12)3/h4-5,7,9,16H,6,8H2,1-3H3,(H,15,18). The highest BCUT2D eigenvalue weighted by Crippen LogP contribution is 2.29. The van der Waals surface area contributed by atoms with Gasteiger partial charge in [0.1, 0.15) is 0 Å². The number of hydrogen-bond donors (Lipinski definition) is 2. The minimum Gasteiger partial charge on any atom is -0.315 e. The summed E-state index contributed by atoms with van der Waals surface area (Å²) in [5, 5.41) is 0. The number of nitrogens with zero attached hydrogens (tertiary/aromatic N) is 1. The lowest BCUT2D eigenvalue weighted by Gasteiger charge is -2.12. The Morgan fingerprint density at radius 1 is 1.36 bits per heavy atom. The van der Waals surface area contributed by atoms with Crippen LogP contribution < -0.4 is 15.2 Å². The number of fused-ring (bicyclic) bond motifs is 1. The third kappa shape index (κ3) is 3.45. The number of hydrazine groups is 1. The van der Waals surface area contributed by atoms with Gasteiger partial charge in [0.05, 0.1) is 11.3 Å². The first-order valence-corrected chi connectivity index (χ1v) is 8.39. The van der Waals surface area contributed by atoms with Crippen molar-refractivity contribution in [2.24, 2.45) is 5.92 Å². The molecule has 1 aliphatic rings. The van der Waals surface area contributed by atoms with E-state index >= 15 is 0 Å². The summed E-state index contributed by atoms with van der Waals surface area (Å²) in [6.45, 7) is 3.73. The molecule has 0 bridgehead atoms. The number of rotatable bonds is 5. The van der Waals surface area contributed by atoms with Crippen molar-refractivity contribution in [2.45, 2.75) is 31.6 Å². The number of hydrogen-bond acceptors (Lipinski definition) is 4. The molecule has 0 atom stereocenters. The highest BCUT2D eigenvalue weighted by molar-refractivity contribution is 7.89. The highest BCUT2D eigenvalue weighted by Gasteiger charge is 2.26. The molecule has 120 valence electrons. The van der Waals surface area contributed by atoms with Gasteiger partial charge in [-0.3, -0.25) is 15.0 Å². The fourth-order valence-electron chi connectivity index (χ4n) is 2.22. The van der Waals surface area contributed by atoms with E-state index in [1.807, 2.05) is 13.8 Å². The summed E-state index contributed by atoms with van der Waals surface area (Å²) in [5.41, 5.74) is 3.54. The van der Waals surface area contributed by atoms with Crippen LogP contribution in [0.3, 0.4) is 0 Å². The Kier molecular flexibility index (Phi) is 4.52. The van der Waals surface area contributed by atoms with E-state index < -0.39 is 15.9 Å². The second kappa shape index (κ2) is 6.05. The molecule has 0 aromatic heterocycles. The Labute approximate surface area is 129 Å². The summed E-state index contributed by atoms with van der Waals surface area (Å²) in [4.78, 5) is 26.7. The first kappa shape index (κ1) is 16.4. The van der Waals surface area contributed by atoms with Crippen LogP contribution in [0.4, 0.5) is 5.69 Å². The maximum absolute atomic E-state index is 12.2. The average molecular weight is 325 g/mol. The van der Waals surface area contributed by atoms with Gasteiger partial charge in [-0.15, -0.1) is 4.83 Å². The summed E-state index contributed by atoms with van der Waals surface area (Å²) in [6.07, 6.45) is 0.404. The van der Waals surface area contributed by atoms with Gasteiger partial charge in [-0.1, -0.05) is 13.8 Å². The molecule has 2 rings (SSSR count). The molecule has 0 spiro atoms. The molecule has 7 nitrogen and oxygen atoms in total. The number of sulfonamides is 1. The third-order valence-corrected chi connectivity index (χ3v) is 4.60. The number of benzene rings is 1. The molecule has 0 saturated heterocycles. The lowest BCUT2D eigenvalue weighted by atomic mass is 10.1. The van der Waals surface area contributed by atoms with Crippen molar-refractivity contribution < 1.29 is 18.0 Å². The summed E-state index contributed by atoms with van der Waals surface area (Å²) in [5.74, 6) is -0.344. The van der Waals surface area contributed by atoms with Crippen LogP contribution in [0.2, 0.25) is 0 Å². The molecular weight excluding hydrogens is 306 g/mol. The number of amides is 2. The molecule has 1 aromatic carbocycles. The Bertz CT molecular complexity index is 713. The van der Waals surface area contributed by atoms with Crippen molar-refractivity contribution in [2.75, 3.05) is 11.9 Å². The summed E-state index contributed by atoms with van der Waals surface area (Å²) >= 11 is 0. The van der Waals surface area contributed by atoms with Crippen LogP contribution in [0.15, 0.2) is 23.1 Å². The summed E-state index contributed by atoms with van der Waals surface area (Å²) in [6, 6.07) is 4.45. The van der Waals surface area contributed by atoms with Gasteiger partial charge in [0, 0.05) is 19.2 Å². The summed E-state index contributed by atoms with van der Waals surface area (Å²) < 4.78 is 24.3. The van der Waals surface area contributed by atoms with E-state index in [0.717, 1.165) is 0 Å². The summed E-state index contributed by atoms with van der Waals surface area (Å²) in [7, 11) is -2.21. The number of carbonyl (C=O) groups is 2. The van der Waals surface area contributed by atoms with E-state index in [4.69, 9.17) is 0 Å². The number of carbonyl (C=O) groups excluding carboxylic acids is 2. The van der Waals surface area contributed by atoms with Crippen LogP contribution in [-0.2, 0) is 26.0 Å². The molecule has 0 saturated carbocycles. The molecule has 1 aromatic rings. The van der Waals surface area contributed by atoms with Crippen molar-refractivity contribution in [1.29, 1.82) is 0 Å². The highest BCUT2D eigenvalue weighted by atomic mass is 32.2. The van der Waals surface area contributed by atoms with E-state index in [2.05, 4.69) is 10.3 Å². The van der Waals surface area contributed by atoms with Crippen molar-refractivity contribution in [3.63, 3.8) is 0 Å². The molecule has 2 amide bonds. The molecule has 22 heavy (non-hydrogen) atoms. The zero-order valence-electron chi connectivity index (χ0n) is 12.7. The maximum Gasteiger partial charge on any atom is 0.257 e. The van der Waals surface area contributed by atoms with Crippen LogP contribution in [0.25, 0.3) is 0 Å². The Morgan fingerprint density at radius 3 is 2.68 bits per heavy atom. The molecule has 0 radical (unpaired) electrons. The number of likely N-dealkylation sites (N-methyl/N-ethyl adjacent to an activating group) is 1. The van der Waals surface area contributed by atoms with Crippen LogP contribution in [-0.4, -0.2) is 27.3 Å². The van der Waals surface area contributed by atoms with Crippen molar-refractivity contribution in [1.82, 2.24) is 10.3 Å². The predicted octanol–water partition coefficient (Wildman–Crippen LogP) is 0.561. The van der Waals surface area contributed by atoms with Gasteiger partial charge in [0.15, 0.2) is 0 Å². The lowest BCUT2D eigenvalue weighted by molar-refractivity contribution is -0.122. The third-order valence-electron chi connectivity index (χ3n) is 3.36. The molecule has 0 fully saturated rings. The Balaban J connectivity index is 2.13. The van der Waals surface area contributed by atoms with E-state index in [1.54, 1.807) is 13.1 Å². The SMILES string of the molecule is CC(C)CC(=O)NNS(=O)(=O)c1ccc2c(c1)CC(=O)N2C. The van der Waals surface area contributed by atoms with E-state index in [1.165, 1.54) is 17.0 Å². The maximum atomic E-state index is 12.2. The Morgan fingerprint density at radius 2 is 2.05 bits per heavy atom. The second-order valence-electron chi connectivity index (χ2n) is 5.67. The molecule has 2 N–H and O–H groups in total. The zero-order valence-corrected chi connectivity index (χ0v) is 13.5. The van der Waals surface area contributed by atoms with Crippen LogP contribution in [0, 0.1) is 5.92 Å². The first-order chi connectivity index (χ1) is 10.2. The van der Waals surface area contributed by atoms with Crippen molar-refractivity contribution >= 4 is 27.5 Å². The van der Waals surface area contributed by atoms with Gasteiger partial charge in [-0.05, 0) is 29.7 Å². The normalized spacial score (nSPS) is 14.4. The largest absolute Gasteiger partial charge is 0.315 e. The van der Waals surface area contributed by atoms with Gasteiger partial charge < -0.3 is 4.90 Å². The molecule has 8 heteroatoms. The molecular formula is C14H19N3O4S. The second-order valence-corrected chi connectivity index (χ2v) is 7.35. The number of nitrogens with one attached hydrogen (secondary N) is 2. The van der Waals surface area contributed by atoms with Gasteiger partial charge >= 0.3 is 0 Å².